The molecule has 0 aromatic heterocycles. The summed E-state index contributed by atoms with van der Waals surface area (Å²) in [4.78, 5) is 23.9. The van der Waals surface area contributed by atoms with Crippen molar-refractivity contribution in [2.75, 3.05) is 19.0 Å². The number of hydrogen-bond acceptors (Lipinski definition) is 5. The summed E-state index contributed by atoms with van der Waals surface area (Å²) < 4.78 is 11.2. The quantitative estimate of drug-likeness (QED) is 0.372. The van der Waals surface area contributed by atoms with Gasteiger partial charge in [-0.25, -0.2) is 0 Å². The van der Waals surface area contributed by atoms with E-state index >= 15 is 0 Å². The van der Waals surface area contributed by atoms with Crippen LogP contribution in [0.1, 0.15) is 51.5 Å². The number of carbonyl (C=O) groups is 1. The molecule has 0 atom stereocenters. The zero-order valence-electron chi connectivity index (χ0n) is 18.7. The highest BCUT2D eigenvalue weighted by Gasteiger charge is 2.42. The second-order valence-electron chi connectivity index (χ2n) is 8.75. The molecule has 0 spiro atoms. The van der Waals surface area contributed by atoms with Crippen LogP contribution in [0.15, 0.2) is 42.5 Å². The van der Waals surface area contributed by atoms with Crippen molar-refractivity contribution >= 4 is 28.9 Å². The fourth-order valence-electron chi connectivity index (χ4n) is 3.98. The van der Waals surface area contributed by atoms with Gasteiger partial charge in [-0.2, -0.15) is 0 Å². The highest BCUT2D eigenvalue weighted by Crippen LogP contribution is 2.42. The van der Waals surface area contributed by atoms with Crippen molar-refractivity contribution in [3.63, 3.8) is 0 Å². The molecule has 0 heterocycles. The molecule has 32 heavy (non-hydrogen) atoms. The van der Waals surface area contributed by atoms with Gasteiger partial charge in [-0.1, -0.05) is 36.6 Å². The minimum absolute atomic E-state index is 0.0126. The van der Waals surface area contributed by atoms with E-state index in [9.17, 15) is 14.9 Å². The number of nitro groups is 1. The SMILES string of the molecule is COC(C)(C)CCOc1ccc(NC(=O)C2(c3ccc([N+](=O)[O-])cc3)CCCC2)cc1Cl. The van der Waals surface area contributed by atoms with Crippen LogP contribution < -0.4 is 10.1 Å². The Hall–Kier alpha value is -2.64. The maximum absolute atomic E-state index is 13.3. The molecule has 1 aliphatic rings. The van der Waals surface area contributed by atoms with Gasteiger partial charge in [0, 0.05) is 31.4 Å². The van der Waals surface area contributed by atoms with Crippen LogP contribution in [-0.2, 0) is 14.9 Å². The summed E-state index contributed by atoms with van der Waals surface area (Å²) in [5.74, 6) is 0.415. The molecule has 2 aromatic rings. The van der Waals surface area contributed by atoms with E-state index in [4.69, 9.17) is 21.1 Å². The Morgan fingerprint density at radius 1 is 1.19 bits per heavy atom. The Kier molecular flexibility index (Phi) is 7.41. The van der Waals surface area contributed by atoms with Crippen molar-refractivity contribution in [2.24, 2.45) is 0 Å². The van der Waals surface area contributed by atoms with Gasteiger partial charge in [-0.3, -0.25) is 14.9 Å². The van der Waals surface area contributed by atoms with Crippen LogP contribution in [0.5, 0.6) is 5.75 Å². The van der Waals surface area contributed by atoms with Crippen LogP contribution >= 0.6 is 11.6 Å². The molecule has 0 bridgehead atoms. The van der Waals surface area contributed by atoms with Gasteiger partial charge in [0.2, 0.25) is 5.91 Å². The highest BCUT2D eigenvalue weighted by atomic mass is 35.5. The number of nitrogens with one attached hydrogen (secondary N) is 1. The Labute approximate surface area is 193 Å². The molecular formula is C24H29ClN2O5. The number of benzene rings is 2. The van der Waals surface area contributed by atoms with E-state index < -0.39 is 10.3 Å². The van der Waals surface area contributed by atoms with Crippen molar-refractivity contribution in [3.8, 4) is 5.75 Å². The molecule has 1 fully saturated rings. The van der Waals surface area contributed by atoms with Gasteiger partial charge >= 0.3 is 0 Å². The second-order valence-corrected chi connectivity index (χ2v) is 9.16. The number of nitro benzene ring substituents is 1. The molecule has 1 saturated carbocycles. The standard InChI is InChI=1S/C24H29ClN2O5/c1-23(2,31-3)14-15-32-21-11-8-18(16-20(21)25)26-22(28)24(12-4-5-13-24)17-6-9-19(10-7-17)27(29)30/h6-11,16H,4-5,12-15H2,1-3H3,(H,26,28). The fraction of sp³-hybridized carbons (Fsp3) is 0.458. The molecular weight excluding hydrogens is 432 g/mol. The minimum atomic E-state index is -0.706. The number of anilines is 1. The summed E-state index contributed by atoms with van der Waals surface area (Å²) in [6, 6.07) is 11.5. The first-order valence-electron chi connectivity index (χ1n) is 10.7. The van der Waals surface area contributed by atoms with E-state index in [1.165, 1.54) is 12.1 Å². The molecule has 0 aliphatic heterocycles. The van der Waals surface area contributed by atoms with Crippen molar-refractivity contribution in [1.82, 2.24) is 0 Å². The van der Waals surface area contributed by atoms with Gasteiger partial charge in [-0.05, 0) is 50.5 Å². The lowest BCUT2D eigenvalue weighted by Crippen LogP contribution is -2.38. The predicted octanol–water partition coefficient (Wildman–Crippen LogP) is 5.89. The molecule has 0 radical (unpaired) electrons. The third-order valence-corrected chi connectivity index (χ3v) is 6.52. The van der Waals surface area contributed by atoms with E-state index in [0.29, 0.717) is 42.3 Å². The number of halogens is 1. The summed E-state index contributed by atoms with van der Waals surface area (Å²) >= 11 is 6.38. The predicted molar refractivity (Wildman–Crippen MR) is 125 cm³/mol. The summed E-state index contributed by atoms with van der Waals surface area (Å²) in [7, 11) is 1.66. The number of carbonyl (C=O) groups excluding carboxylic acids is 1. The average Bonchev–Trinajstić information content (AvgIpc) is 3.26. The third-order valence-electron chi connectivity index (χ3n) is 6.23. The lowest BCUT2D eigenvalue weighted by molar-refractivity contribution is -0.384. The number of non-ortho nitro benzene ring substituents is 1. The Bertz CT molecular complexity index is 969. The zero-order valence-corrected chi connectivity index (χ0v) is 19.4. The van der Waals surface area contributed by atoms with Crippen molar-refractivity contribution < 1.29 is 19.2 Å². The van der Waals surface area contributed by atoms with Crippen LogP contribution in [0.2, 0.25) is 5.02 Å². The monoisotopic (exact) mass is 460 g/mol. The second kappa shape index (κ2) is 9.88. The summed E-state index contributed by atoms with van der Waals surface area (Å²) in [6.45, 7) is 4.43. The maximum Gasteiger partial charge on any atom is 0.269 e. The Morgan fingerprint density at radius 3 is 2.41 bits per heavy atom. The molecule has 7 nitrogen and oxygen atoms in total. The Morgan fingerprint density at radius 2 is 1.84 bits per heavy atom. The minimum Gasteiger partial charge on any atom is -0.492 e. The molecule has 0 unspecified atom stereocenters. The number of rotatable bonds is 9. The van der Waals surface area contributed by atoms with Gasteiger partial charge in [0.1, 0.15) is 5.75 Å². The van der Waals surface area contributed by atoms with Crippen molar-refractivity contribution in [3.05, 3.63) is 63.2 Å². The van der Waals surface area contributed by atoms with E-state index in [0.717, 1.165) is 18.4 Å². The Balaban J connectivity index is 1.72. The molecule has 8 heteroatoms. The van der Waals surface area contributed by atoms with E-state index in [-0.39, 0.29) is 17.2 Å². The smallest absolute Gasteiger partial charge is 0.269 e. The van der Waals surface area contributed by atoms with Gasteiger partial charge in [-0.15, -0.1) is 0 Å². The maximum atomic E-state index is 13.3. The van der Waals surface area contributed by atoms with E-state index in [1.807, 2.05) is 13.8 Å². The van der Waals surface area contributed by atoms with Crippen molar-refractivity contribution in [2.45, 2.75) is 57.0 Å². The van der Waals surface area contributed by atoms with E-state index in [1.54, 1.807) is 37.4 Å². The van der Waals surface area contributed by atoms with Crippen LogP contribution in [0.3, 0.4) is 0 Å². The highest BCUT2D eigenvalue weighted by molar-refractivity contribution is 6.32. The molecule has 1 N–H and O–H groups in total. The lowest BCUT2D eigenvalue weighted by Gasteiger charge is -2.28. The number of methoxy groups -OCH3 is 1. The number of hydrogen-bond donors (Lipinski definition) is 1. The molecule has 172 valence electrons. The molecule has 3 rings (SSSR count). The zero-order chi connectivity index (χ0) is 23.4. The summed E-state index contributed by atoms with van der Waals surface area (Å²) in [5.41, 5.74) is 0.400. The molecule has 1 aliphatic carbocycles. The van der Waals surface area contributed by atoms with Gasteiger partial charge in [0.05, 0.1) is 27.6 Å². The largest absolute Gasteiger partial charge is 0.492 e. The number of nitrogens with zero attached hydrogens (tertiary/aromatic N) is 1. The topological polar surface area (TPSA) is 90.7 Å². The first-order valence-corrected chi connectivity index (χ1v) is 11.1. The van der Waals surface area contributed by atoms with E-state index in [2.05, 4.69) is 5.32 Å². The fourth-order valence-corrected chi connectivity index (χ4v) is 4.22. The lowest BCUT2D eigenvalue weighted by atomic mass is 9.78. The molecule has 2 aromatic carbocycles. The van der Waals surface area contributed by atoms with Gasteiger partial charge in [0.25, 0.3) is 5.69 Å². The van der Waals surface area contributed by atoms with Crippen LogP contribution in [-0.4, -0.2) is 30.1 Å². The molecule has 0 saturated heterocycles. The van der Waals surface area contributed by atoms with Gasteiger partial charge in [0.15, 0.2) is 0 Å². The summed E-state index contributed by atoms with van der Waals surface area (Å²) in [5, 5.41) is 14.4. The van der Waals surface area contributed by atoms with Gasteiger partial charge < -0.3 is 14.8 Å². The van der Waals surface area contributed by atoms with Crippen LogP contribution in [0.25, 0.3) is 0 Å². The average molecular weight is 461 g/mol. The number of ether oxygens (including phenoxy) is 2. The first kappa shape index (κ1) is 24.0. The van der Waals surface area contributed by atoms with Crippen LogP contribution in [0, 0.1) is 10.1 Å². The molecule has 1 amide bonds. The first-order chi connectivity index (χ1) is 15.2. The summed E-state index contributed by atoms with van der Waals surface area (Å²) in [6.07, 6.45) is 3.95. The third kappa shape index (κ3) is 5.40. The normalized spacial score (nSPS) is 15.4. The number of amides is 1. The van der Waals surface area contributed by atoms with Crippen LogP contribution in [0.4, 0.5) is 11.4 Å². The van der Waals surface area contributed by atoms with Crippen molar-refractivity contribution in [1.29, 1.82) is 0 Å².